The molecule has 7 heteroatoms. The molecule has 1 aliphatic heterocycles. The minimum absolute atomic E-state index is 0.155. The van der Waals surface area contributed by atoms with E-state index in [1.165, 1.54) is 6.07 Å². The average Bonchev–Trinajstić information content (AvgIpc) is 3.39. The molecule has 5 aliphatic rings. The Hall–Kier alpha value is -1.85. The third-order valence-corrected chi connectivity index (χ3v) is 6.82. The zero-order chi connectivity index (χ0) is 18.2. The van der Waals surface area contributed by atoms with Crippen LogP contribution >= 0.6 is 23.2 Å². The van der Waals surface area contributed by atoms with Gasteiger partial charge < -0.3 is 5.32 Å². The smallest absolute Gasteiger partial charge is 0.244 e. The second-order valence-corrected chi connectivity index (χ2v) is 8.43. The molecule has 0 radical (unpaired) electrons. The van der Waals surface area contributed by atoms with Gasteiger partial charge in [-0.05, 0) is 48.3 Å². The van der Waals surface area contributed by atoms with E-state index in [1.807, 2.05) is 0 Å². The summed E-state index contributed by atoms with van der Waals surface area (Å²) in [7, 11) is 0. The maximum absolute atomic E-state index is 12.9. The van der Waals surface area contributed by atoms with Crippen molar-refractivity contribution in [3.05, 3.63) is 40.4 Å². The van der Waals surface area contributed by atoms with Gasteiger partial charge in [0.1, 0.15) is 6.54 Å². The number of halogens is 2. The van der Waals surface area contributed by atoms with E-state index in [2.05, 4.69) is 17.5 Å². The van der Waals surface area contributed by atoms with Crippen molar-refractivity contribution in [1.29, 1.82) is 0 Å². The van der Waals surface area contributed by atoms with Crippen molar-refractivity contribution in [2.75, 3.05) is 11.9 Å². The molecule has 6 atom stereocenters. The summed E-state index contributed by atoms with van der Waals surface area (Å²) >= 11 is 12.0. The van der Waals surface area contributed by atoms with E-state index in [-0.39, 0.29) is 42.0 Å². The Balaban J connectivity index is 1.34. The van der Waals surface area contributed by atoms with Crippen molar-refractivity contribution in [2.45, 2.75) is 6.42 Å². The lowest BCUT2D eigenvalue weighted by atomic mass is 9.63. The summed E-state index contributed by atoms with van der Waals surface area (Å²) < 4.78 is 0. The molecule has 3 amide bonds. The fourth-order valence-corrected chi connectivity index (χ4v) is 5.44. The maximum atomic E-state index is 12.9. The molecule has 2 bridgehead atoms. The van der Waals surface area contributed by atoms with Crippen molar-refractivity contribution in [1.82, 2.24) is 4.90 Å². The number of rotatable bonds is 3. The van der Waals surface area contributed by atoms with Crippen LogP contribution in [0.5, 0.6) is 0 Å². The highest BCUT2D eigenvalue weighted by atomic mass is 35.5. The molecule has 1 N–H and O–H groups in total. The second-order valence-electron chi connectivity index (χ2n) is 7.59. The van der Waals surface area contributed by atoms with Crippen LogP contribution in [0.3, 0.4) is 0 Å². The standard InChI is InChI=1S/C19H16Cl2N2O3/c20-8-1-4-13(21)14(5-8)22-15(24)7-23-18(25)16-9-2-3-10(12-6-11(9)12)17(16)19(23)26/h1-5,9-12,16-17H,6-7H2,(H,22,24)/t9-,10-,11-,12+,16+,17+/m0/s1. The Kier molecular flexibility index (Phi) is 3.50. The normalized spacial score (nSPS) is 36.2. The van der Waals surface area contributed by atoms with Crippen molar-refractivity contribution in [2.24, 2.45) is 35.5 Å². The number of likely N-dealkylation sites (tertiary alicyclic amines) is 1. The number of hydrogen-bond acceptors (Lipinski definition) is 3. The van der Waals surface area contributed by atoms with Gasteiger partial charge in [0.15, 0.2) is 0 Å². The SMILES string of the molecule is O=C(CN1C(=O)[C@@H]2[C@H]3C=C[C@@H]([C@@H]4C[C@H]34)[C@H]2C1=O)Nc1cc(Cl)ccc1Cl. The Morgan fingerprint density at radius 1 is 1.08 bits per heavy atom. The van der Waals surface area contributed by atoms with Crippen LogP contribution in [0.4, 0.5) is 5.69 Å². The lowest BCUT2D eigenvalue weighted by molar-refractivity contribution is -0.142. The van der Waals surface area contributed by atoms with E-state index in [0.29, 0.717) is 27.6 Å². The number of benzene rings is 1. The molecule has 5 nitrogen and oxygen atoms in total. The number of imide groups is 1. The minimum atomic E-state index is -0.458. The van der Waals surface area contributed by atoms with Crippen LogP contribution in [0.15, 0.2) is 30.4 Å². The molecule has 0 unspecified atom stereocenters. The van der Waals surface area contributed by atoms with E-state index in [4.69, 9.17) is 23.2 Å². The van der Waals surface area contributed by atoms with E-state index in [0.717, 1.165) is 11.3 Å². The maximum Gasteiger partial charge on any atom is 0.244 e. The fourth-order valence-electron chi connectivity index (χ4n) is 5.10. The Labute approximate surface area is 160 Å². The first-order valence-corrected chi connectivity index (χ1v) is 9.50. The summed E-state index contributed by atoms with van der Waals surface area (Å²) in [6, 6.07) is 4.73. The van der Waals surface area contributed by atoms with Gasteiger partial charge in [0.05, 0.1) is 22.5 Å². The van der Waals surface area contributed by atoms with Gasteiger partial charge in [-0.15, -0.1) is 0 Å². The molecule has 1 saturated heterocycles. The summed E-state index contributed by atoms with van der Waals surface area (Å²) in [5.74, 6) is -0.0606. The van der Waals surface area contributed by atoms with Crippen LogP contribution < -0.4 is 5.32 Å². The Morgan fingerprint density at radius 3 is 2.31 bits per heavy atom. The molecule has 3 fully saturated rings. The summed E-state index contributed by atoms with van der Waals surface area (Å²) in [5.41, 5.74) is 0.364. The monoisotopic (exact) mass is 390 g/mol. The van der Waals surface area contributed by atoms with E-state index in [9.17, 15) is 14.4 Å². The number of hydrogen-bond donors (Lipinski definition) is 1. The fraction of sp³-hybridized carbons (Fsp3) is 0.421. The van der Waals surface area contributed by atoms with Gasteiger partial charge in [0.25, 0.3) is 0 Å². The molecule has 4 aliphatic carbocycles. The molecule has 0 aromatic heterocycles. The van der Waals surface area contributed by atoms with Crippen LogP contribution in [0.1, 0.15) is 6.42 Å². The van der Waals surface area contributed by atoms with Crippen molar-refractivity contribution < 1.29 is 14.4 Å². The zero-order valence-corrected chi connectivity index (χ0v) is 15.2. The molecule has 26 heavy (non-hydrogen) atoms. The van der Waals surface area contributed by atoms with E-state index < -0.39 is 5.91 Å². The third kappa shape index (κ3) is 2.26. The third-order valence-electron chi connectivity index (χ3n) is 6.26. The number of allylic oxidation sites excluding steroid dienone is 2. The van der Waals surface area contributed by atoms with Gasteiger partial charge in [0.2, 0.25) is 17.7 Å². The second kappa shape index (κ2) is 5.57. The highest BCUT2D eigenvalue weighted by molar-refractivity contribution is 6.35. The van der Waals surface area contributed by atoms with Crippen molar-refractivity contribution >= 4 is 46.6 Å². The van der Waals surface area contributed by atoms with Crippen LogP contribution in [-0.2, 0) is 14.4 Å². The van der Waals surface area contributed by atoms with Gasteiger partial charge >= 0.3 is 0 Å². The summed E-state index contributed by atoms with van der Waals surface area (Å²) in [4.78, 5) is 39.2. The number of carbonyl (C=O) groups excluding carboxylic acids is 3. The summed E-state index contributed by atoms with van der Waals surface area (Å²) in [5, 5.41) is 3.42. The number of nitrogens with zero attached hydrogens (tertiary/aromatic N) is 1. The van der Waals surface area contributed by atoms with Crippen LogP contribution in [0.2, 0.25) is 10.0 Å². The first-order chi connectivity index (χ1) is 12.5. The number of anilines is 1. The average molecular weight is 391 g/mol. The molecule has 1 aromatic carbocycles. The van der Waals surface area contributed by atoms with E-state index in [1.54, 1.807) is 12.1 Å². The van der Waals surface area contributed by atoms with Crippen molar-refractivity contribution in [3.8, 4) is 0 Å². The van der Waals surface area contributed by atoms with Gasteiger partial charge in [-0.3, -0.25) is 19.3 Å². The molecule has 0 spiro atoms. The summed E-state index contributed by atoms with van der Waals surface area (Å²) in [6.07, 6.45) is 5.34. The topological polar surface area (TPSA) is 66.5 Å². The summed E-state index contributed by atoms with van der Waals surface area (Å²) in [6.45, 7) is -0.289. The molecule has 134 valence electrons. The molecular weight excluding hydrogens is 375 g/mol. The molecule has 1 heterocycles. The highest BCUT2D eigenvalue weighted by Crippen LogP contribution is 2.65. The van der Waals surface area contributed by atoms with Gasteiger partial charge in [-0.2, -0.15) is 0 Å². The number of amides is 3. The Morgan fingerprint density at radius 2 is 1.69 bits per heavy atom. The van der Waals surface area contributed by atoms with Gasteiger partial charge in [0, 0.05) is 5.02 Å². The number of nitrogens with one attached hydrogen (secondary N) is 1. The lowest BCUT2D eigenvalue weighted by Crippen LogP contribution is -2.40. The van der Waals surface area contributed by atoms with Crippen LogP contribution in [0, 0.1) is 35.5 Å². The predicted molar refractivity (Wildman–Crippen MR) is 96.5 cm³/mol. The first-order valence-electron chi connectivity index (χ1n) is 8.74. The van der Waals surface area contributed by atoms with Gasteiger partial charge in [-0.1, -0.05) is 35.4 Å². The predicted octanol–water partition coefficient (Wildman–Crippen LogP) is 2.99. The first kappa shape index (κ1) is 16.3. The quantitative estimate of drug-likeness (QED) is 0.637. The van der Waals surface area contributed by atoms with Crippen LogP contribution in [0.25, 0.3) is 0 Å². The molecular formula is C19H16Cl2N2O3. The van der Waals surface area contributed by atoms with Crippen molar-refractivity contribution in [3.63, 3.8) is 0 Å². The van der Waals surface area contributed by atoms with E-state index >= 15 is 0 Å². The molecule has 1 aromatic rings. The minimum Gasteiger partial charge on any atom is -0.323 e. The zero-order valence-electron chi connectivity index (χ0n) is 13.7. The molecule has 2 saturated carbocycles. The number of carbonyl (C=O) groups is 3. The van der Waals surface area contributed by atoms with Gasteiger partial charge in [-0.25, -0.2) is 0 Å². The van der Waals surface area contributed by atoms with Crippen LogP contribution in [-0.4, -0.2) is 29.2 Å². The Bertz CT molecular complexity index is 848. The molecule has 6 rings (SSSR count). The lowest BCUT2D eigenvalue weighted by Gasteiger charge is -2.37. The largest absolute Gasteiger partial charge is 0.323 e. The highest BCUT2D eigenvalue weighted by Gasteiger charge is 2.67.